The second-order valence-corrected chi connectivity index (χ2v) is 9.91. The first-order chi connectivity index (χ1) is 13.8. The molecule has 2 aromatic carbocycles. The first-order valence-corrected chi connectivity index (χ1v) is 11.5. The SMILES string of the molecule is CCc1ccc(S(=O)(=O)N2CC(F)(F)C[C@H]2CN2CCc3ccccc3C2)cc1. The molecule has 1 fully saturated rings. The summed E-state index contributed by atoms with van der Waals surface area (Å²) in [5.74, 6) is -3.01. The molecule has 0 bridgehead atoms. The average molecular weight is 421 g/mol. The molecular weight excluding hydrogens is 394 g/mol. The summed E-state index contributed by atoms with van der Waals surface area (Å²) >= 11 is 0. The van der Waals surface area contributed by atoms with Crippen LogP contribution in [0, 0.1) is 0 Å². The molecule has 0 N–H and O–H groups in total. The Kier molecular flexibility index (Phi) is 5.48. The highest BCUT2D eigenvalue weighted by molar-refractivity contribution is 7.89. The fourth-order valence-corrected chi connectivity index (χ4v) is 5.99. The van der Waals surface area contributed by atoms with Crippen molar-refractivity contribution in [3.63, 3.8) is 0 Å². The van der Waals surface area contributed by atoms with Crippen LogP contribution < -0.4 is 0 Å². The van der Waals surface area contributed by atoms with Gasteiger partial charge in [0.2, 0.25) is 10.0 Å². The highest BCUT2D eigenvalue weighted by Crippen LogP contribution is 2.37. The summed E-state index contributed by atoms with van der Waals surface area (Å²) in [5, 5.41) is 0. The van der Waals surface area contributed by atoms with E-state index in [-0.39, 0.29) is 4.90 Å². The van der Waals surface area contributed by atoms with Crippen LogP contribution in [0.25, 0.3) is 0 Å². The number of nitrogens with zero attached hydrogens (tertiary/aromatic N) is 2. The molecule has 4 rings (SSSR count). The number of aryl methyl sites for hydroxylation is 1. The zero-order chi connectivity index (χ0) is 20.6. The first kappa shape index (κ1) is 20.4. The lowest BCUT2D eigenvalue weighted by molar-refractivity contribution is 0.0165. The second-order valence-electron chi connectivity index (χ2n) is 8.02. The molecule has 0 radical (unpaired) electrons. The number of halogens is 2. The average Bonchev–Trinajstić information content (AvgIpc) is 3.02. The molecule has 1 saturated heterocycles. The van der Waals surface area contributed by atoms with Gasteiger partial charge >= 0.3 is 0 Å². The van der Waals surface area contributed by atoms with Crippen molar-refractivity contribution >= 4 is 10.0 Å². The minimum atomic E-state index is -3.97. The maximum atomic E-state index is 14.3. The van der Waals surface area contributed by atoms with Gasteiger partial charge in [-0.3, -0.25) is 4.90 Å². The molecule has 2 aliphatic rings. The topological polar surface area (TPSA) is 40.6 Å². The van der Waals surface area contributed by atoms with E-state index in [1.54, 1.807) is 12.1 Å². The molecule has 29 heavy (non-hydrogen) atoms. The highest BCUT2D eigenvalue weighted by atomic mass is 32.2. The quantitative estimate of drug-likeness (QED) is 0.741. The van der Waals surface area contributed by atoms with Gasteiger partial charge in [-0.05, 0) is 41.7 Å². The Morgan fingerprint density at radius 3 is 2.45 bits per heavy atom. The van der Waals surface area contributed by atoms with Gasteiger partial charge in [-0.1, -0.05) is 43.3 Å². The summed E-state index contributed by atoms with van der Waals surface area (Å²) in [6.45, 7) is 2.96. The Morgan fingerprint density at radius 2 is 1.76 bits per heavy atom. The van der Waals surface area contributed by atoms with Gasteiger partial charge in [0.05, 0.1) is 11.4 Å². The van der Waals surface area contributed by atoms with Crippen molar-refractivity contribution < 1.29 is 17.2 Å². The zero-order valence-corrected chi connectivity index (χ0v) is 17.3. The summed E-state index contributed by atoms with van der Waals surface area (Å²) in [6, 6.07) is 13.9. The Morgan fingerprint density at radius 1 is 1.07 bits per heavy atom. The molecule has 2 aromatic rings. The van der Waals surface area contributed by atoms with E-state index >= 15 is 0 Å². The van der Waals surface area contributed by atoms with Crippen LogP contribution in [0.1, 0.15) is 30.0 Å². The van der Waals surface area contributed by atoms with Crippen LogP contribution in [0.15, 0.2) is 53.4 Å². The van der Waals surface area contributed by atoms with E-state index in [1.165, 1.54) is 23.3 Å². The fraction of sp³-hybridized carbons (Fsp3) is 0.455. The molecule has 0 saturated carbocycles. The van der Waals surface area contributed by atoms with Gasteiger partial charge in [0, 0.05) is 32.1 Å². The lowest BCUT2D eigenvalue weighted by atomic mass is 9.99. The van der Waals surface area contributed by atoms with Crippen molar-refractivity contribution in [3.05, 3.63) is 65.2 Å². The fourth-order valence-electron chi connectivity index (χ4n) is 4.35. The van der Waals surface area contributed by atoms with E-state index in [4.69, 9.17) is 0 Å². The number of fused-ring (bicyclic) bond motifs is 1. The van der Waals surface area contributed by atoms with Crippen LogP contribution in [-0.2, 0) is 29.4 Å². The Bertz CT molecular complexity index is 977. The van der Waals surface area contributed by atoms with Crippen LogP contribution in [0.3, 0.4) is 0 Å². The Hall–Kier alpha value is -1.83. The standard InChI is InChI=1S/C22H26F2N2O2S/c1-2-17-7-9-21(10-8-17)29(27,28)26-16-22(23,24)13-20(26)15-25-12-11-18-5-3-4-6-19(18)14-25/h3-10,20H,2,11-16H2,1H3/t20-/m0/s1. The molecule has 0 spiro atoms. The predicted octanol–water partition coefficient (Wildman–Crippen LogP) is 3.71. The maximum absolute atomic E-state index is 14.3. The number of rotatable bonds is 5. The van der Waals surface area contributed by atoms with Gasteiger partial charge < -0.3 is 0 Å². The second kappa shape index (κ2) is 7.78. The normalized spacial score (nSPS) is 22.5. The largest absolute Gasteiger partial charge is 0.297 e. The molecule has 7 heteroatoms. The zero-order valence-electron chi connectivity index (χ0n) is 16.5. The molecule has 0 amide bonds. The summed E-state index contributed by atoms with van der Waals surface area (Å²) in [7, 11) is -3.97. The Balaban J connectivity index is 1.55. The van der Waals surface area contributed by atoms with E-state index in [0.717, 1.165) is 29.3 Å². The van der Waals surface area contributed by atoms with E-state index in [1.807, 2.05) is 19.1 Å². The third kappa shape index (κ3) is 4.22. The number of sulfonamides is 1. The van der Waals surface area contributed by atoms with Gasteiger partial charge in [0.1, 0.15) is 0 Å². The van der Waals surface area contributed by atoms with Crippen LogP contribution in [0.2, 0.25) is 0 Å². The molecular formula is C22H26F2N2O2S. The molecule has 2 aliphatic heterocycles. The number of hydrogen-bond donors (Lipinski definition) is 0. The van der Waals surface area contributed by atoms with E-state index in [2.05, 4.69) is 17.0 Å². The summed E-state index contributed by atoms with van der Waals surface area (Å²) in [4.78, 5) is 2.18. The first-order valence-electron chi connectivity index (χ1n) is 10.1. The molecule has 2 heterocycles. The van der Waals surface area contributed by atoms with Gasteiger partial charge in [-0.25, -0.2) is 17.2 Å². The molecule has 4 nitrogen and oxygen atoms in total. The number of benzene rings is 2. The molecule has 0 aromatic heterocycles. The van der Waals surface area contributed by atoms with Crippen molar-refractivity contribution in [2.75, 3.05) is 19.6 Å². The van der Waals surface area contributed by atoms with Crippen molar-refractivity contribution in [3.8, 4) is 0 Å². The van der Waals surface area contributed by atoms with Gasteiger partial charge in [-0.15, -0.1) is 0 Å². The van der Waals surface area contributed by atoms with E-state index in [9.17, 15) is 17.2 Å². The number of alkyl halides is 2. The Labute approximate surface area is 171 Å². The molecule has 1 atom stereocenters. The maximum Gasteiger partial charge on any atom is 0.263 e. The molecule has 156 valence electrons. The highest BCUT2D eigenvalue weighted by Gasteiger charge is 2.50. The lowest BCUT2D eigenvalue weighted by Crippen LogP contribution is -2.44. The monoisotopic (exact) mass is 420 g/mol. The minimum absolute atomic E-state index is 0.0846. The third-order valence-corrected chi connectivity index (χ3v) is 7.86. The molecule has 0 unspecified atom stereocenters. The summed E-state index contributed by atoms with van der Waals surface area (Å²) < 4.78 is 55.9. The van der Waals surface area contributed by atoms with Crippen LogP contribution >= 0.6 is 0 Å². The molecule has 0 aliphatic carbocycles. The summed E-state index contributed by atoms with van der Waals surface area (Å²) in [6.07, 6.45) is 1.21. The van der Waals surface area contributed by atoms with Gasteiger partial charge in [-0.2, -0.15) is 4.31 Å². The summed E-state index contributed by atoms with van der Waals surface area (Å²) in [5.41, 5.74) is 3.48. The van der Waals surface area contributed by atoms with Crippen molar-refractivity contribution in [1.82, 2.24) is 9.21 Å². The lowest BCUT2D eigenvalue weighted by Gasteiger charge is -2.33. The van der Waals surface area contributed by atoms with E-state index < -0.39 is 35.0 Å². The minimum Gasteiger partial charge on any atom is -0.297 e. The third-order valence-electron chi connectivity index (χ3n) is 5.95. The smallest absolute Gasteiger partial charge is 0.263 e. The van der Waals surface area contributed by atoms with Crippen LogP contribution in [-0.4, -0.2) is 49.2 Å². The van der Waals surface area contributed by atoms with Crippen molar-refractivity contribution in [2.24, 2.45) is 0 Å². The van der Waals surface area contributed by atoms with Crippen LogP contribution in [0.4, 0.5) is 8.78 Å². The predicted molar refractivity (Wildman–Crippen MR) is 108 cm³/mol. The van der Waals surface area contributed by atoms with Crippen LogP contribution in [0.5, 0.6) is 0 Å². The number of hydrogen-bond acceptors (Lipinski definition) is 3. The van der Waals surface area contributed by atoms with Crippen molar-refractivity contribution in [2.45, 2.75) is 49.6 Å². The van der Waals surface area contributed by atoms with Crippen molar-refractivity contribution in [1.29, 1.82) is 0 Å². The van der Waals surface area contributed by atoms with Gasteiger partial charge in [0.15, 0.2) is 0 Å². The van der Waals surface area contributed by atoms with Gasteiger partial charge in [0.25, 0.3) is 5.92 Å². The van der Waals surface area contributed by atoms with E-state index in [0.29, 0.717) is 13.1 Å².